The summed E-state index contributed by atoms with van der Waals surface area (Å²) in [7, 11) is 2.18. The van der Waals surface area contributed by atoms with Gasteiger partial charge < -0.3 is 15.0 Å². The molecule has 1 aromatic rings. The highest BCUT2D eigenvalue weighted by molar-refractivity contribution is 7.13. The Kier molecular flexibility index (Phi) is 4.30. The van der Waals surface area contributed by atoms with E-state index < -0.39 is 0 Å². The molecule has 1 saturated carbocycles. The van der Waals surface area contributed by atoms with Crippen molar-refractivity contribution in [3.8, 4) is 5.19 Å². The molecule has 0 amide bonds. The summed E-state index contributed by atoms with van der Waals surface area (Å²) >= 11 is 1.57. The standard InChI is InChI=1S/C13H22N4OS/c1-17-7-3-2-4-11(17)9-18-13-16-15-12(19-13)8-14-10-5-6-10/h10-11,14H,2-9H2,1H3. The van der Waals surface area contributed by atoms with Gasteiger partial charge >= 0.3 is 0 Å². The van der Waals surface area contributed by atoms with E-state index in [4.69, 9.17) is 4.74 Å². The van der Waals surface area contributed by atoms with Crippen molar-refractivity contribution in [2.75, 3.05) is 20.2 Å². The molecule has 6 heteroatoms. The molecule has 1 atom stereocenters. The third kappa shape index (κ3) is 3.87. The second-order valence-electron chi connectivity index (χ2n) is 5.56. The Morgan fingerprint density at radius 1 is 1.32 bits per heavy atom. The van der Waals surface area contributed by atoms with Crippen LogP contribution in [-0.2, 0) is 6.54 Å². The molecule has 106 valence electrons. The number of hydrogen-bond acceptors (Lipinski definition) is 6. The number of piperidine rings is 1. The van der Waals surface area contributed by atoms with Gasteiger partial charge in [0.1, 0.15) is 11.6 Å². The van der Waals surface area contributed by atoms with Crippen molar-refractivity contribution in [3.05, 3.63) is 5.01 Å². The molecule has 2 fully saturated rings. The third-order valence-corrected chi connectivity index (χ3v) is 4.72. The fourth-order valence-electron chi connectivity index (χ4n) is 2.41. The Hall–Kier alpha value is -0.720. The van der Waals surface area contributed by atoms with E-state index in [0.29, 0.717) is 17.3 Å². The number of ether oxygens (including phenoxy) is 1. The minimum Gasteiger partial charge on any atom is -0.467 e. The average molecular weight is 282 g/mol. The lowest BCUT2D eigenvalue weighted by Gasteiger charge is -2.31. The highest BCUT2D eigenvalue weighted by Gasteiger charge is 2.22. The molecular formula is C13H22N4OS. The van der Waals surface area contributed by atoms with Gasteiger partial charge in [0.05, 0.1) is 6.54 Å². The molecule has 1 N–H and O–H groups in total. The molecule has 5 nitrogen and oxygen atoms in total. The molecule has 1 aromatic heterocycles. The lowest BCUT2D eigenvalue weighted by Crippen LogP contribution is -2.40. The van der Waals surface area contributed by atoms with Crippen LogP contribution in [0.4, 0.5) is 0 Å². The van der Waals surface area contributed by atoms with Crippen LogP contribution in [0.25, 0.3) is 0 Å². The Labute approximate surface area is 118 Å². The van der Waals surface area contributed by atoms with E-state index in [0.717, 1.165) is 18.2 Å². The summed E-state index contributed by atoms with van der Waals surface area (Å²) in [4.78, 5) is 2.39. The predicted molar refractivity (Wildman–Crippen MR) is 75.5 cm³/mol. The van der Waals surface area contributed by atoms with Crippen LogP contribution in [0.15, 0.2) is 0 Å². The largest absolute Gasteiger partial charge is 0.467 e. The van der Waals surface area contributed by atoms with E-state index in [9.17, 15) is 0 Å². The number of aromatic nitrogens is 2. The second kappa shape index (κ2) is 6.15. The van der Waals surface area contributed by atoms with E-state index in [1.165, 1.54) is 38.6 Å². The van der Waals surface area contributed by atoms with Crippen LogP contribution in [0, 0.1) is 0 Å². The summed E-state index contributed by atoms with van der Waals surface area (Å²) in [6, 6.07) is 1.25. The molecule has 0 aromatic carbocycles. The SMILES string of the molecule is CN1CCCCC1COc1nnc(CNC2CC2)s1. The van der Waals surface area contributed by atoms with Crippen molar-refractivity contribution in [3.63, 3.8) is 0 Å². The Morgan fingerprint density at radius 3 is 3.00 bits per heavy atom. The fourth-order valence-corrected chi connectivity index (χ4v) is 3.06. The first kappa shape index (κ1) is 13.3. The smallest absolute Gasteiger partial charge is 0.294 e. The summed E-state index contributed by atoms with van der Waals surface area (Å²) in [5, 5.41) is 13.5. The van der Waals surface area contributed by atoms with E-state index in [-0.39, 0.29) is 0 Å². The van der Waals surface area contributed by atoms with Crippen LogP contribution in [0.5, 0.6) is 5.19 Å². The van der Waals surface area contributed by atoms with Gasteiger partial charge in [-0.3, -0.25) is 0 Å². The molecule has 0 spiro atoms. The van der Waals surface area contributed by atoms with Gasteiger partial charge in [-0.15, -0.1) is 10.2 Å². The Morgan fingerprint density at radius 2 is 2.21 bits per heavy atom. The van der Waals surface area contributed by atoms with Gasteiger partial charge in [0, 0.05) is 12.1 Å². The molecule has 0 bridgehead atoms. The quantitative estimate of drug-likeness (QED) is 0.860. The van der Waals surface area contributed by atoms with Crippen molar-refractivity contribution >= 4 is 11.3 Å². The maximum Gasteiger partial charge on any atom is 0.294 e. The fraction of sp³-hybridized carbons (Fsp3) is 0.846. The van der Waals surface area contributed by atoms with Crippen LogP contribution in [0.3, 0.4) is 0 Å². The highest BCUT2D eigenvalue weighted by atomic mass is 32.1. The normalized spacial score (nSPS) is 24.6. The minimum atomic E-state index is 0.533. The van der Waals surface area contributed by atoms with Gasteiger partial charge in [-0.05, 0) is 39.3 Å². The molecular weight excluding hydrogens is 260 g/mol. The summed E-state index contributed by atoms with van der Waals surface area (Å²) in [6.45, 7) is 2.75. The zero-order valence-corrected chi connectivity index (χ0v) is 12.3. The summed E-state index contributed by atoms with van der Waals surface area (Å²) in [5.41, 5.74) is 0. The predicted octanol–water partition coefficient (Wildman–Crippen LogP) is 1.65. The average Bonchev–Trinajstić information content (AvgIpc) is 3.14. The monoisotopic (exact) mass is 282 g/mol. The lowest BCUT2D eigenvalue weighted by atomic mass is 10.0. The molecule has 2 aliphatic rings. The first-order valence-electron chi connectivity index (χ1n) is 7.20. The topological polar surface area (TPSA) is 50.3 Å². The number of likely N-dealkylation sites (N-methyl/N-ethyl adjacent to an activating group) is 1. The third-order valence-electron chi connectivity index (χ3n) is 3.89. The Balaban J connectivity index is 1.43. The zero-order valence-electron chi connectivity index (χ0n) is 11.5. The number of likely N-dealkylation sites (tertiary alicyclic amines) is 1. The first-order chi connectivity index (χ1) is 9.31. The molecule has 1 aliphatic carbocycles. The molecule has 1 unspecified atom stereocenters. The van der Waals surface area contributed by atoms with Crippen LogP contribution >= 0.6 is 11.3 Å². The van der Waals surface area contributed by atoms with Crippen molar-refractivity contribution in [2.24, 2.45) is 0 Å². The highest BCUT2D eigenvalue weighted by Crippen LogP contribution is 2.23. The molecule has 1 aliphatic heterocycles. The van der Waals surface area contributed by atoms with Crippen molar-refractivity contribution in [1.82, 2.24) is 20.4 Å². The molecule has 2 heterocycles. The van der Waals surface area contributed by atoms with Gasteiger partial charge in [0.25, 0.3) is 5.19 Å². The maximum absolute atomic E-state index is 5.79. The van der Waals surface area contributed by atoms with Gasteiger partial charge in [0.15, 0.2) is 0 Å². The van der Waals surface area contributed by atoms with Crippen molar-refractivity contribution < 1.29 is 4.74 Å². The van der Waals surface area contributed by atoms with E-state index in [1.54, 1.807) is 11.3 Å². The molecule has 1 saturated heterocycles. The van der Waals surface area contributed by atoms with E-state index in [1.807, 2.05) is 0 Å². The molecule has 3 rings (SSSR count). The van der Waals surface area contributed by atoms with Gasteiger partial charge in [-0.25, -0.2) is 0 Å². The van der Waals surface area contributed by atoms with Crippen LogP contribution in [0.1, 0.15) is 37.1 Å². The number of hydrogen-bond donors (Lipinski definition) is 1. The van der Waals surface area contributed by atoms with E-state index in [2.05, 4.69) is 27.5 Å². The van der Waals surface area contributed by atoms with Crippen molar-refractivity contribution in [2.45, 2.75) is 50.7 Å². The minimum absolute atomic E-state index is 0.533. The Bertz CT molecular complexity index is 407. The molecule has 0 radical (unpaired) electrons. The number of nitrogens with one attached hydrogen (secondary N) is 1. The first-order valence-corrected chi connectivity index (χ1v) is 8.02. The van der Waals surface area contributed by atoms with Crippen molar-refractivity contribution in [1.29, 1.82) is 0 Å². The van der Waals surface area contributed by atoms with Crippen LogP contribution in [0.2, 0.25) is 0 Å². The van der Waals surface area contributed by atoms with Crippen LogP contribution < -0.4 is 10.1 Å². The van der Waals surface area contributed by atoms with Crippen LogP contribution in [-0.4, -0.2) is 47.4 Å². The number of rotatable bonds is 6. The maximum atomic E-state index is 5.79. The lowest BCUT2D eigenvalue weighted by molar-refractivity contribution is 0.124. The summed E-state index contributed by atoms with van der Waals surface area (Å²) in [6.07, 6.45) is 6.45. The second-order valence-corrected chi connectivity index (χ2v) is 6.58. The van der Waals surface area contributed by atoms with Gasteiger partial charge in [-0.1, -0.05) is 17.8 Å². The molecule has 19 heavy (non-hydrogen) atoms. The van der Waals surface area contributed by atoms with Gasteiger partial charge in [-0.2, -0.15) is 0 Å². The van der Waals surface area contributed by atoms with Gasteiger partial charge in [0.2, 0.25) is 0 Å². The number of nitrogens with zero attached hydrogens (tertiary/aromatic N) is 3. The van der Waals surface area contributed by atoms with E-state index >= 15 is 0 Å². The summed E-state index contributed by atoms with van der Waals surface area (Å²) in [5.74, 6) is 0. The summed E-state index contributed by atoms with van der Waals surface area (Å²) < 4.78 is 5.79. The zero-order chi connectivity index (χ0) is 13.1.